The Morgan fingerprint density at radius 2 is 1.91 bits per heavy atom. The number of nitrogens with zero attached hydrogens (tertiary/aromatic N) is 3. The number of alkyl halides is 3. The molecule has 0 saturated heterocycles. The molecule has 1 aromatic heterocycles. The average Bonchev–Trinajstić information content (AvgIpc) is 2.88. The van der Waals surface area contributed by atoms with Gasteiger partial charge in [-0.2, -0.15) is 18.3 Å². The van der Waals surface area contributed by atoms with Crippen molar-refractivity contribution in [2.24, 2.45) is 0 Å². The van der Waals surface area contributed by atoms with Crippen LogP contribution < -0.4 is 9.64 Å². The number of hydrogen-bond acceptors (Lipinski definition) is 3. The van der Waals surface area contributed by atoms with Crippen molar-refractivity contribution in [3.63, 3.8) is 0 Å². The van der Waals surface area contributed by atoms with Crippen molar-refractivity contribution < 1.29 is 17.9 Å². The summed E-state index contributed by atoms with van der Waals surface area (Å²) in [5.74, 6) is 1.28. The number of fused-ring (bicyclic) bond motifs is 1. The van der Waals surface area contributed by atoms with Crippen LogP contribution in [-0.2, 0) is 19.1 Å². The van der Waals surface area contributed by atoms with E-state index in [-0.39, 0.29) is 0 Å². The van der Waals surface area contributed by atoms with Crippen LogP contribution in [-0.4, -0.2) is 30.5 Å². The molecule has 3 rings (SSSR count). The molecule has 0 unspecified atom stereocenters. The molecule has 0 amide bonds. The summed E-state index contributed by atoms with van der Waals surface area (Å²) in [7, 11) is 3.38. The van der Waals surface area contributed by atoms with E-state index in [2.05, 4.69) is 5.10 Å². The second-order valence-electron chi connectivity index (χ2n) is 5.68. The highest BCUT2D eigenvalue weighted by Gasteiger charge is 2.40. The largest absolute Gasteiger partial charge is 0.497 e. The smallest absolute Gasteiger partial charge is 0.435 e. The summed E-state index contributed by atoms with van der Waals surface area (Å²) in [5, 5.41) is 3.87. The molecule has 0 N–H and O–H groups in total. The topological polar surface area (TPSA) is 30.3 Å². The van der Waals surface area contributed by atoms with Crippen LogP contribution in [0.1, 0.15) is 23.2 Å². The van der Waals surface area contributed by atoms with Crippen molar-refractivity contribution in [2.75, 3.05) is 25.6 Å². The van der Waals surface area contributed by atoms with Crippen LogP contribution in [0.2, 0.25) is 0 Å². The van der Waals surface area contributed by atoms with Gasteiger partial charge in [-0.3, -0.25) is 0 Å². The molecule has 0 radical (unpaired) electrons. The van der Waals surface area contributed by atoms with Crippen LogP contribution in [0.5, 0.6) is 5.75 Å². The van der Waals surface area contributed by atoms with Gasteiger partial charge in [0.2, 0.25) is 0 Å². The number of rotatable bonds is 3. The highest BCUT2D eigenvalue weighted by atomic mass is 19.4. The molecule has 1 aliphatic rings. The second kappa shape index (κ2) is 5.79. The van der Waals surface area contributed by atoms with Crippen LogP contribution in [0, 0.1) is 0 Å². The van der Waals surface area contributed by atoms with Gasteiger partial charge < -0.3 is 9.64 Å². The van der Waals surface area contributed by atoms with E-state index in [0.717, 1.165) is 12.1 Å². The Labute approximate surface area is 132 Å². The van der Waals surface area contributed by atoms with E-state index in [0.29, 0.717) is 36.5 Å². The van der Waals surface area contributed by atoms with E-state index in [9.17, 15) is 13.2 Å². The van der Waals surface area contributed by atoms with E-state index in [1.165, 1.54) is 4.68 Å². The fraction of sp³-hybridized carbons (Fsp3) is 0.438. The quantitative estimate of drug-likeness (QED) is 0.867. The number of anilines is 1. The number of aromatic nitrogens is 2. The van der Waals surface area contributed by atoms with Crippen molar-refractivity contribution in [3.8, 4) is 5.75 Å². The van der Waals surface area contributed by atoms with Crippen molar-refractivity contribution >= 4 is 5.82 Å². The summed E-state index contributed by atoms with van der Waals surface area (Å²) in [6, 6.07) is 7.26. The summed E-state index contributed by atoms with van der Waals surface area (Å²) < 4.78 is 46.3. The number of ether oxygens (including phenoxy) is 1. The van der Waals surface area contributed by atoms with E-state index in [1.807, 2.05) is 24.1 Å². The molecular weight excluding hydrogens is 307 g/mol. The SMILES string of the molecule is COc1ccc(Cn2nc(C(F)(F)F)c3c2N(C)CCC3)cc1. The fourth-order valence-corrected chi connectivity index (χ4v) is 2.99. The van der Waals surface area contributed by atoms with Gasteiger partial charge in [0, 0.05) is 19.2 Å². The molecule has 7 heteroatoms. The molecule has 23 heavy (non-hydrogen) atoms. The minimum Gasteiger partial charge on any atom is -0.497 e. The predicted molar refractivity (Wildman–Crippen MR) is 80.9 cm³/mol. The number of hydrogen-bond donors (Lipinski definition) is 0. The maximum atomic E-state index is 13.2. The van der Waals surface area contributed by atoms with Gasteiger partial charge >= 0.3 is 6.18 Å². The summed E-state index contributed by atoms with van der Waals surface area (Å²) in [6.07, 6.45) is -3.30. The lowest BCUT2D eigenvalue weighted by Crippen LogP contribution is -2.27. The van der Waals surface area contributed by atoms with Gasteiger partial charge in [-0.25, -0.2) is 4.68 Å². The van der Waals surface area contributed by atoms with Crippen LogP contribution >= 0.6 is 0 Å². The molecule has 2 heterocycles. The summed E-state index contributed by atoms with van der Waals surface area (Å²) in [4.78, 5) is 1.85. The third kappa shape index (κ3) is 3.00. The third-order valence-electron chi connectivity index (χ3n) is 4.06. The standard InChI is InChI=1S/C16H18F3N3O/c1-21-9-3-4-13-14(16(17,18)19)20-22(15(13)21)10-11-5-7-12(23-2)8-6-11/h5-8H,3-4,9-10H2,1-2H3. The summed E-state index contributed by atoms with van der Waals surface area (Å²) in [5.41, 5.74) is 0.427. The Morgan fingerprint density at radius 1 is 1.22 bits per heavy atom. The second-order valence-corrected chi connectivity index (χ2v) is 5.68. The predicted octanol–water partition coefficient (Wildman–Crippen LogP) is 3.34. The van der Waals surface area contributed by atoms with E-state index >= 15 is 0 Å². The first kappa shape index (κ1) is 15.7. The van der Waals surface area contributed by atoms with Gasteiger partial charge in [-0.15, -0.1) is 0 Å². The molecule has 1 aromatic carbocycles. The van der Waals surface area contributed by atoms with Gasteiger partial charge in [0.15, 0.2) is 5.69 Å². The number of benzene rings is 1. The van der Waals surface area contributed by atoms with Crippen LogP contribution in [0.3, 0.4) is 0 Å². The number of methoxy groups -OCH3 is 1. The zero-order valence-corrected chi connectivity index (χ0v) is 13.0. The van der Waals surface area contributed by atoms with Crippen molar-refractivity contribution in [1.82, 2.24) is 9.78 Å². The van der Waals surface area contributed by atoms with Crippen LogP contribution in [0.4, 0.5) is 19.0 Å². The van der Waals surface area contributed by atoms with Crippen molar-refractivity contribution in [3.05, 3.63) is 41.1 Å². The van der Waals surface area contributed by atoms with Crippen LogP contribution in [0.15, 0.2) is 24.3 Å². The van der Waals surface area contributed by atoms with E-state index in [4.69, 9.17) is 4.74 Å². The van der Waals surface area contributed by atoms with E-state index < -0.39 is 11.9 Å². The molecule has 0 saturated carbocycles. The van der Waals surface area contributed by atoms with Gasteiger partial charge in [0.1, 0.15) is 11.6 Å². The molecule has 2 aromatic rings. The van der Waals surface area contributed by atoms with Gasteiger partial charge in [0.05, 0.1) is 13.7 Å². The zero-order valence-electron chi connectivity index (χ0n) is 13.0. The Balaban J connectivity index is 1.99. The lowest BCUT2D eigenvalue weighted by atomic mass is 10.0. The Kier molecular flexibility index (Phi) is 3.95. The molecular formula is C16H18F3N3O. The highest BCUT2D eigenvalue weighted by molar-refractivity contribution is 5.53. The fourth-order valence-electron chi connectivity index (χ4n) is 2.99. The Hall–Kier alpha value is -2.18. The minimum absolute atomic E-state index is 0.298. The zero-order chi connectivity index (χ0) is 16.6. The molecule has 0 spiro atoms. The molecule has 0 fully saturated rings. The van der Waals surface area contributed by atoms with Crippen LogP contribution in [0.25, 0.3) is 0 Å². The van der Waals surface area contributed by atoms with Gasteiger partial charge in [0.25, 0.3) is 0 Å². The monoisotopic (exact) mass is 325 g/mol. The molecule has 4 nitrogen and oxygen atoms in total. The summed E-state index contributed by atoms with van der Waals surface area (Å²) in [6.45, 7) is 1.03. The Bertz CT molecular complexity index is 692. The maximum Gasteiger partial charge on any atom is 0.435 e. The minimum atomic E-state index is -4.42. The number of halogens is 3. The molecule has 124 valence electrons. The first-order valence-corrected chi connectivity index (χ1v) is 7.41. The van der Waals surface area contributed by atoms with Crippen molar-refractivity contribution in [2.45, 2.75) is 25.6 Å². The van der Waals surface area contributed by atoms with Crippen molar-refractivity contribution in [1.29, 1.82) is 0 Å². The first-order valence-electron chi connectivity index (χ1n) is 7.41. The summed E-state index contributed by atoms with van der Waals surface area (Å²) >= 11 is 0. The lowest BCUT2D eigenvalue weighted by molar-refractivity contribution is -0.142. The van der Waals surface area contributed by atoms with Gasteiger partial charge in [-0.05, 0) is 30.5 Å². The lowest BCUT2D eigenvalue weighted by Gasteiger charge is -2.26. The average molecular weight is 325 g/mol. The normalized spacial score (nSPS) is 14.7. The Morgan fingerprint density at radius 3 is 2.52 bits per heavy atom. The molecule has 1 aliphatic heterocycles. The molecule has 0 atom stereocenters. The third-order valence-corrected chi connectivity index (χ3v) is 4.06. The van der Waals surface area contributed by atoms with E-state index in [1.54, 1.807) is 19.2 Å². The maximum absolute atomic E-state index is 13.2. The first-order chi connectivity index (χ1) is 10.9. The molecule has 0 bridgehead atoms. The van der Waals surface area contributed by atoms with Gasteiger partial charge in [-0.1, -0.05) is 12.1 Å². The highest BCUT2D eigenvalue weighted by Crippen LogP contribution is 2.38. The molecule has 0 aliphatic carbocycles.